The Kier molecular flexibility index (Phi) is 10.8. The molecule has 2 amide bonds. The van der Waals surface area contributed by atoms with Gasteiger partial charge in [0.25, 0.3) is 0 Å². The lowest BCUT2D eigenvalue weighted by Crippen LogP contribution is -2.48. The fraction of sp³-hybridized carbons (Fsp3) is 0.353. The number of aromatic amines is 1. The smallest absolute Gasteiger partial charge is 0.247 e. The maximum atomic E-state index is 13.7. The first-order valence-electron chi connectivity index (χ1n) is 15.6. The number of anilines is 1. The molecule has 1 saturated carbocycles. The van der Waals surface area contributed by atoms with E-state index in [2.05, 4.69) is 25.8 Å². The maximum Gasteiger partial charge on any atom is 0.247 e. The van der Waals surface area contributed by atoms with Gasteiger partial charge < -0.3 is 16.4 Å². The van der Waals surface area contributed by atoms with Gasteiger partial charge in [0.1, 0.15) is 6.04 Å². The monoisotopic (exact) mass is 677 g/mol. The second-order valence-corrected chi connectivity index (χ2v) is 14.7. The average molecular weight is 678 g/mol. The molecule has 248 valence electrons. The van der Waals surface area contributed by atoms with E-state index >= 15 is 0 Å². The van der Waals surface area contributed by atoms with E-state index in [-0.39, 0.29) is 34.3 Å². The zero-order valence-electron chi connectivity index (χ0n) is 26.7. The first-order valence-corrected chi connectivity index (χ1v) is 17.4. The second-order valence-electron chi connectivity index (χ2n) is 12.2. The third-order valence-electron chi connectivity index (χ3n) is 8.74. The molecule has 1 aliphatic rings. The number of nitrogens with two attached hydrogens (primary N) is 1. The predicted octanol–water partition coefficient (Wildman–Crippen LogP) is 4.78. The van der Waals surface area contributed by atoms with E-state index in [9.17, 15) is 18.0 Å². The van der Waals surface area contributed by atoms with Crippen molar-refractivity contribution in [1.29, 1.82) is 0 Å². The zero-order chi connectivity index (χ0) is 33.7. The van der Waals surface area contributed by atoms with Crippen molar-refractivity contribution in [2.45, 2.75) is 50.0 Å². The molecule has 0 bridgehead atoms. The van der Waals surface area contributed by atoms with Gasteiger partial charge in [-0.2, -0.15) is 10.1 Å². The van der Waals surface area contributed by atoms with Crippen molar-refractivity contribution in [2.75, 3.05) is 26.0 Å². The lowest BCUT2D eigenvalue weighted by Gasteiger charge is -2.28. The van der Waals surface area contributed by atoms with Gasteiger partial charge in [-0.25, -0.2) is 17.8 Å². The van der Waals surface area contributed by atoms with Crippen molar-refractivity contribution in [3.63, 3.8) is 0 Å². The van der Waals surface area contributed by atoms with Crippen molar-refractivity contribution in [2.24, 2.45) is 17.6 Å². The van der Waals surface area contributed by atoms with E-state index in [1.807, 2.05) is 31.2 Å². The fourth-order valence-electron chi connectivity index (χ4n) is 5.80. The maximum absolute atomic E-state index is 13.7. The number of carbonyl (C=O) groups excluding carboxylic acids is 2. The van der Waals surface area contributed by atoms with Gasteiger partial charge in [-0.3, -0.25) is 9.59 Å². The molecule has 1 aliphatic carbocycles. The number of sulfonamides is 1. The Hall–Kier alpha value is -4.10. The Bertz CT molecular complexity index is 1820. The number of rotatable bonds is 11. The van der Waals surface area contributed by atoms with E-state index in [1.54, 1.807) is 42.5 Å². The van der Waals surface area contributed by atoms with Gasteiger partial charge >= 0.3 is 0 Å². The van der Waals surface area contributed by atoms with Crippen molar-refractivity contribution in [3.05, 3.63) is 83.1 Å². The first-order chi connectivity index (χ1) is 22.4. The fourth-order valence-corrected chi connectivity index (χ4v) is 6.85. The Morgan fingerprint density at radius 3 is 2.26 bits per heavy atom. The van der Waals surface area contributed by atoms with Crippen LogP contribution in [0.1, 0.15) is 36.8 Å². The highest BCUT2D eigenvalue weighted by Gasteiger charge is 2.29. The number of halogens is 1. The average Bonchev–Trinajstić information content (AvgIpc) is 3.51. The van der Waals surface area contributed by atoms with Crippen LogP contribution in [0.4, 0.5) is 5.69 Å². The SMILES string of the molecule is Cc1ccc(S(=O)(=O)N(C)C)cc1-c1ccc(C[C@H](NC(=O)C2CCC(CN)CC2)C(=O)Nc2ccc(-c3n[nH]c(Cl)n3)cc2)cc1. The molecule has 5 N–H and O–H groups in total. The highest BCUT2D eigenvalue weighted by atomic mass is 35.5. The quantitative estimate of drug-likeness (QED) is 0.177. The summed E-state index contributed by atoms with van der Waals surface area (Å²) in [4.78, 5) is 31.4. The highest BCUT2D eigenvalue weighted by molar-refractivity contribution is 7.89. The Morgan fingerprint density at radius 1 is 1.00 bits per heavy atom. The minimum atomic E-state index is -3.60. The van der Waals surface area contributed by atoms with Gasteiger partial charge in [-0.15, -0.1) is 0 Å². The molecule has 4 aromatic rings. The molecule has 0 saturated heterocycles. The van der Waals surface area contributed by atoms with Crippen molar-refractivity contribution in [3.8, 4) is 22.5 Å². The van der Waals surface area contributed by atoms with Gasteiger partial charge in [0.2, 0.25) is 27.1 Å². The number of hydrogen-bond acceptors (Lipinski definition) is 7. The van der Waals surface area contributed by atoms with Crippen LogP contribution >= 0.6 is 11.6 Å². The summed E-state index contributed by atoms with van der Waals surface area (Å²) in [6.07, 6.45) is 3.53. The number of nitrogens with one attached hydrogen (secondary N) is 3. The summed E-state index contributed by atoms with van der Waals surface area (Å²) in [7, 11) is -0.587. The van der Waals surface area contributed by atoms with E-state index in [1.165, 1.54) is 18.4 Å². The minimum absolute atomic E-state index is 0.136. The standard InChI is InChI=1S/C34H40ClN7O4S/c1-21-4-17-28(47(45,46)42(2)3)19-29(21)24-9-5-22(6-10-24)18-30(38-32(43)26-11-7-23(20-36)8-12-26)33(44)37-27-15-13-25(14-16-27)31-39-34(35)41-40-31/h4-6,9-10,13-17,19,23,26,30H,7-8,11-12,18,20,36H2,1-3H3,(H,37,44)(H,38,43)(H,39,40,41)/t23?,26?,30-/m0/s1. The molecule has 47 heavy (non-hydrogen) atoms. The number of amides is 2. The van der Waals surface area contributed by atoms with Gasteiger partial charge in [0.15, 0.2) is 5.82 Å². The molecule has 3 aromatic carbocycles. The summed E-state index contributed by atoms with van der Waals surface area (Å²) in [5.41, 5.74) is 10.5. The van der Waals surface area contributed by atoms with Crippen LogP contribution in [0.25, 0.3) is 22.5 Å². The summed E-state index contributed by atoms with van der Waals surface area (Å²) in [5, 5.41) is 12.8. The molecule has 1 atom stereocenters. The van der Waals surface area contributed by atoms with Crippen molar-refractivity contribution in [1.82, 2.24) is 24.8 Å². The largest absolute Gasteiger partial charge is 0.344 e. The Morgan fingerprint density at radius 2 is 1.66 bits per heavy atom. The molecule has 1 heterocycles. The Labute approximate surface area is 280 Å². The summed E-state index contributed by atoms with van der Waals surface area (Å²) >= 11 is 5.85. The third-order valence-corrected chi connectivity index (χ3v) is 10.7. The van der Waals surface area contributed by atoms with Gasteiger partial charge in [0.05, 0.1) is 4.90 Å². The summed E-state index contributed by atoms with van der Waals surface area (Å²) < 4.78 is 26.7. The number of benzene rings is 3. The van der Waals surface area contributed by atoms with Gasteiger partial charge in [-0.1, -0.05) is 30.3 Å². The van der Waals surface area contributed by atoms with E-state index < -0.39 is 16.1 Å². The lowest BCUT2D eigenvalue weighted by atomic mass is 9.81. The number of H-pyrrole nitrogens is 1. The van der Waals surface area contributed by atoms with E-state index in [0.29, 0.717) is 24.0 Å². The molecule has 13 heteroatoms. The summed E-state index contributed by atoms with van der Waals surface area (Å²) in [6.45, 7) is 2.55. The second kappa shape index (κ2) is 14.8. The molecule has 0 unspecified atom stereocenters. The first kappa shape index (κ1) is 34.2. The number of hydrogen-bond donors (Lipinski definition) is 4. The van der Waals surface area contributed by atoms with Crippen LogP contribution in [-0.4, -0.2) is 66.4 Å². The zero-order valence-corrected chi connectivity index (χ0v) is 28.2. The van der Waals surface area contributed by atoms with Gasteiger partial charge in [-0.05, 0) is 115 Å². The van der Waals surface area contributed by atoms with Crippen molar-refractivity contribution >= 4 is 39.1 Å². The normalized spacial score (nSPS) is 17.3. The molecular formula is C34H40ClN7O4S. The van der Waals surface area contributed by atoms with Crippen LogP contribution in [0.15, 0.2) is 71.6 Å². The molecule has 1 aromatic heterocycles. The number of nitrogens with zero attached hydrogens (tertiary/aromatic N) is 3. The molecular weight excluding hydrogens is 638 g/mol. The summed E-state index contributed by atoms with van der Waals surface area (Å²) in [5.74, 6) is 0.219. The Balaban J connectivity index is 1.34. The van der Waals surface area contributed by atoms with Crippen LogP contribution in [0.5, 0.6) is 0 Å². The molecule has 0 radical (unpaired) electrons. The lowest BCUT2D eigenvalue weighted by molar-refractivity contribution is -0.130. The number of aryl methyl sites for hydroxylation is 1. The number of carbonyl (C=O) groups is 2. The van der Waals surface area contributed by atoms with Crippen LogP contribution in [0.3, 0.4) is 0 Å². The molecule has 11 nitrogen and oxygen atoms in total. The molecule has 0 spiro atoms. The van der Waals surface area contributed by atoms with Gasteiger partial charge in [0, 0.05) is 37.7 Å². The molecule has 0 aliphatic heterocycles. The predicted molar refractivity (Wildman–Crippen MR) is 183 cm³/mol. The topological polar surface area (TPSA) is 163 Å². The van der Waals surface area contributed by atoms with E-state index in [4.69, 9.17) is 17.3 Å². The van der Waals surface area contributed by atoms with Crippen LogP contribution in [0.2, 0.25) is 5.28 Å². The highest BCUT2D eigenvalue weighted by Crippen LogP contribution is 2.30. The van der Waals surface area contributed by atoms with E-state index in [0.717, 1.165) is 53.5 Å². The summed E-state index contributed by atoms with van der Waals surface area (Å²) in [6, 6.07) is 18.9. The number of aromatic nitrogens is 3. The minimum Gasteiger partial charge on any atom is -0.344 e. The van der Waals surface area contributed by atoms with Crippen LogP contribution in [-0.2, 0) is 26.0 Å². The van der Waals surface area contributed by atoms with Crippen LogP contribution < -0.4 is 16.4 Å². The van der Waals surface area contributed by atoms with Crippen molar-refractivity contribution < 1.29 is 18.0 Å². The van der Waals surface area contributed by atoms with Crippen LogP contribution in [0, 0.1) is 18.8 Å². The molecule has 1 fully saturated rings. The third kappa shape index (κ3) is 8.25. The molecule has 5 rings (SSSR count).